The molecule has 0 saturated heterocycles. The lowest BCUT2D eigenvalue weighted by atomic mass is 9.79. The molecule has 2 heterocycles. The number of alkyl halides is 3. The van der Waals surface area contributed by atoms with Crippen LogP contribution in [0, 0.1) is 5.41 Å². The van der Waals surface area contributed by atoms with E-state index < -0.39 is 18.3 Å². The number of rotatable bonds is 4. The maximum absolute atomic E-state index is 12.9. The zero-order valence-corrected chi connectivity index (χ0v) is 21.5. The fourth-order valence-electron chi connectivity index (χ4n) is 4.91. The number of aromatic amines is 1. The highest BCUT2D eigenvalue weighted by atomic mass is 19.4. The van der Waals surface area contributed by atoms with E-state index in [-0.39, 0.29) is 17.3 Å². The second kappa shape index (κ2) is 8.56. The summed E-state index contributed by atoms with van der Waals surface area (Å²) in [6.45, 7) is 13.4. The van der Waals surface area contributed by atoms with Crippen molar-refractivity contribution in [2.75, 3.05) is 0 Å². The van der Waals surface area contributed by atoms with Crippen molar-refractivity contribution < 1.29 is 13.2 Å². The maximum Gasteiger partial charge on any atom is 0.403 e. The fourth-order valence-corrected chi connectivity index (χ4v) is 4.91. The van der Waals surface area contributed by atoms with Crippen molar-refractivity contribution in [2.24, 2.45) is 16.9 Å². The molecule has 1 aromatic carbocycles. The lowest BCUT2D eigenvalue weighted by Crippen LogP contribution is -2.39. The van der Waals surface area contributed by atoms with Crippen molar-refractivity contribution in [1.82, 2.24) is 9.55 Å². The van der Waals surface area contributed by atoms with Crippen LogP contribution in [0.1, 0.15) is 82.9 Å². The topological polar surface area (TPSA) is 72.8 Å². The van der Waals surface area contributed by atoms with Crippen LogP contribution in [0.15, 0.2) is 36.0 Å². The number of halogens is 3. The van der Waals surface area contributed by atoms with Crippen molar-refractivity contribution >= 4 is 17.0 Å². The maximum atomic E-state index is 12.9. The predicted octanol–water partition coefficient (Wildman–Crippen LogP) is 6.91. The van der Waals surface area contributed by atoms with Crippen molar-refractivity contribution in [3.05, 3.63) is 58.6 Å². The van der Waals surface area contributed by atoms with Gasteiger partial charge in [0.25, 0.3) is 0 Å². The highest BCUT2D eigenvalue weighted by Gasteiger charge is 2.38. The van der Waals surface area contributed by atoms with Gasteiger partial charge >= 0.3 is 6.18 Å². The summed E-state index contributed by atoms with van der Waals surface area (Å²) < 4.78 is 41.1. The Balaban J connectivity index is 1.83. The highest BCUT2D eigenvalue weighted by Crippen LogP contribution is 2.42. The first-order valence-corrected chi connectivity index (χ1v) is 12.2. The Bertz CT molecular complexity index is 1260. The number of allylic oxidation sites excluding steroid dienone is 1. The molecule has 0 amide bonds. The van der Waals surface area contributed by atoms with E-state index >= 15 is 0 Å². The number of nitrogens with one attached hydrogen (secondary N) is 1. The number of benzene rings is 1. The van der Waals surface area contributed by atoms with Gasteiger partial charge in [0.15, 0.2) is 0 Å². The molecular weight excluding hydrogens is 449 g/mol. The quantitative estimate of drug-likeness (QED) is 0.375. The molecule has 1 aliphatic carbocycles. The minimum atomic E-state index is -4.47. The molecule has 0 spiro atoms. The average Bonchev–Trinajstić information content (AvgIpc) is 3.33. The van der Waals surface area contributed by atoms with Gasteiger partial charge in [-0.25, -0.2) is 0 Å². The van der Waals surface area contributed by atoms with E-state index in [2.05, 4.69) is 75.4 Å². The van der Waals surface area contributed by atoms with Gasteiger partial charge in [-0.1, -0.05) is 59.3 Å². The van der Waals surface area contributed by atoms with Gasteiger partial charge in [-0.15, -0.1) is 0 Å². The molecule has 4 rings (SSSR count). The Morgan fingerprint density at radius 2 is 1.66 bits per heavy atom. The molecule has 5 N–H and O–H groups in total. The normalized spacial score (nSPS) is 16.8. The van der Waals surface area contributed by atoms with E-state index in [9.17, 15) is 13.2 Å². The fraction of sp³-hybridized carbons (Fsp3) is 0.500. The van der Waals surface area contributed by atoms with Crippen LogP contribution >= 0.6 is 0 Å². The third-order valence-electron chi connectivity index (χ3n) is 7.16. The molecule has 2 atom stereocenters. The first-order chi connectivity index (χ1) is 16.1. The number of H-pyrrole nitrogens is 1. The zero-order valence-electron chi connectivity index (χ0n) is 21.5. The number of aromatic nitrogens is 2. The van der Waals surface area contributed by atoms with Gasteiger partial charge in [0.2, 0.25) is 0 Å². The predicted molar refractivity (Wildman–Crippen MR) is 138 cm³/mol. The lowest BCUT2D eigenvalue weighted by Gasteiger charge is -2.27. The monoisotopic (exact) mass is 486 g/mol. The Labute approximate surface area is 205 Å². The van der Waals surface area contributed by atoms with Crippen molar-refractivity contribution in [2.45, 2.75) is 84.5 Å². The molecule has 3 aromatic rings. The molecule has 0 bridgehead atoms. The Hall–Kier alpha value is -2.51. The number of fused-ring (bicyclic) bond motifs is 3. The van der Waals surface area contributed by atoms with Crippen LogP contribution in [0.25, 0.3) is 22.7 Å². The van der Waals surface area contributed by atoms with Crippen LogP contribution in [-0.2, 0) is 11.8 Å². The number of hydrogen-bond acceptors (Lipinski definition) is 2. The summed E-state index contributed by atoms with van der Waals surface area (Å²) in [5, 5.41) is 1.19. The van der Waals surface area contributed by atoms with E-state index in [0.29, 0.717) is 5.69 Å². The largest absolute Gasteiger partial charge is 0.403 e. The van der Waals surface area contributed by atoms with E-state index in [0.717, 1.165) is 24.0 Å². The SMILES string of the molecule is CC(C)(C)C1=Cc2c(n(-c3c[nH]c(C(N)CC(N)C(F)(F)F)c3)c3ccc(C(C)(C)C)cc23)CC1. The molecule has 0 radical (unpaired) electrons. The van der Waals surface area contributed by atoms with Gasteiger partial charge < -0.3 is 21.0 Å². The first-order valence-electron chi connectivity index (χ1n) is 12.2. The molecule has 7 heteroatoms. The minimum absolute atomic E-state index is 0.0136. The summed E-state index contributed by atoms with van der Waals surface area (Å²) in [6.07, 6.45) is 1.19. The lowest BCUT2D eigenvalue weighted by molar-refractivity contribution is -0.149. The van der Waals surface area contributed by atoms with Crippen LogP contribution in [0.3, 0.4) is 0 Å². The molecule has 1 aliphatic rings. The summed E-state index contributed by atoms with van der Waals surface area (Å²) >= 11 is 0. The standard InChI is InChI=1S/C28H37F3N4/c1-26(2,3)16-7-9-23-19(11-16)20-12-17(27(4,5)6)8-10-24(20)35(23)18-13-22(34-15-18)21(32)14-25(33)28(29,30)31/h7,9,11-13,15,21,25,34H,8,10,14,32-33H2,1-6H3. The molecule has 0 aliphatic heterocycles. The van der Waals surface area contributed by atoms with E-state index in [1.54, 1.807) is 0 Å². The zero-order chi connectivity index (χ0) is 25.9. The molecule has 35 heavy (non-hydrogen) atoms. The van der Waals surface area contributed by atoms with Crippen LogP contribution in [0.4, 0.5) is 13.2 Å². The molecule has 0 saturated carbocycles. The van der Waals surface area contributed by atoms with E-state index in [1.807, 2.05) is 12.3 Å². The molecule has 0 fully saturated rings. The first kappa shape index (κ1) is 25.6. The molecule has 4 nitrogen and oxygen atoms in total. The van der Waals surface area contributed by atoms with Gasteiger partial charge in [-0.2, -0.15) is 13.2 Å². The van der Waals surface area contributed by atoms with Crippen LogP contribution < -0.4 is 11.5 Å². The second-order valence-corrected chi connectivity index (χ2v) is 11.9. The Morgan fingerprint density at radius 3 is 2.26 bits per heavy atom. The third-order valence-corrected chi connectivity index (χ3v) is 7.16. The molecule has 190 valence electrons. The molecule has 2 aromatic heterocycles. The highest BCUT2D eigenvalue weighted by molar-refractivity contribution is 5.94. The third kappa shape index (κ3) is 4.94. The summed E-state index contributed by atoms with van der Waals surface area (Å²) in [6, 6.07) is 5.67. The summed E-state index contributed by atoms with van der Waals surface area (Å²) in [4.78, 5) is 3.11. The van der Waals surface area contributed by atoms with Crippen LogP contribution in [0.5, 0.6) is 0 Å². The second-order valence-electron chi connectivity index (χ2n) is 11.9. The van der Waals surface area contributed by atoms with Gasteiger partial charge in [0, 0.05) is 34.6 Å². The molecule has 2 unspecified atom stereocenters. The van der Waals surface area contributed by atoms with E-state index in [4.69, 9.17) is 11.5 Å². The summed E-state index contributed by atoms with van der Waals surface area (Å²) in [7, 11) is 0. The van der Waals surface area contributed by atoms with Gasteiger partial charge in [0.05, 0.1) is 11.2 Å². The van der Waals surface area contributed by atoms with Crippen molar-refractivity contribution in [3.63, 3.8) is 0 Å². The summed E-state index contributed by atoms with van der Waals surface area (Å²) in [5.41, 5.74) is 19.2. The number of nitrogens with two attached hydrogens (primary N) is 2. The number of hydrogen-bond donors (Lipinski definition) is 3. The van der Waals surface area contributed by atoms with Crippen molar-refractivity contribution in [1.29, 1.82) is 0 Å². The van der Waals surface area contributed by atoms with Gasteiger partial charge in [-0.05, 0) is 53.9 Å². The minimum Gasteiger partial charge on any atom is -0.362 e. The molecular formula is C28H37F3N4. The van der Waals surface area contributed by atoms with Gasteiger partial charge in [0.1, 0.15) is 6.04 Å². The Kier molecular flexibility index (Phi) is 6.25. The smallest absolute Gasteiger partial charge is 0.362 e. The van der Waals surface area contributed by atoms with Gasteiger partial charge in [-0.3, -0.25) is 0 Å². The van der Waals surface area contributed by atoms with Crippen LogP contribution in [0.2, 0.25) is 0 Å². The number of nitrogens with zero attached hydrogens (tertiary/aromatic N) is 1. The van der Waals surface area contributed by atoms with E-state index in [1.165, 1.54) is 27.8 Å². The van der Waals surface area contributed by atoms with Crippen molar-refractivity contribution in [3.8, 4) is 5.69 Å². The summed E-state index contributed by atoms with van der Waals surface area (Å²) in [5.74, 6) is 0. The Morgan fingerprint density at radius 1 is 0.971 bits per heavy atom. The van der Waals surface area contributed by atoms with Crippen LogP contribution in [-0.4, -0.2) is 21.8 Å². The average molecular weight is 487 g/mol.